The number of rotatable bonds is 11. The van der Waals surface area contributed by atoms with Gasteiger partial charge >= 0.3 is 0 Å². The van der Waals surface area contributed by atoms with Crippen LogP contribution < -0.4 is 5.32 Å². The van der Waals surface area contributed by atoms with E-state index in [4.69, 9.17) is 9.47 Å². The number of hydrogen-bond donors (Lipinski definition) is 1. The Kier molecular flexibility index (Phi) is 7.32. The van der Waals surface area contributed by atoms with E-state index in [0.717, 1.165) is 12.8 Å². The first kappa shape index (κ1) is 18.1. The lowest BCUT2D eigenvalue weighted by Crippen LogP contribution is -2.37. The third kappa shape index (κ3) is 5.75. The molecule has 0 aromatic carbocycles. The van der Waals surface area contributed by atoms with Gasteiger partial charge in [0.05, 0.1) is 25.2 Å². The van der Waals surface area contributed by atoms with Crippen LogP contribution in [0.1, 0.15) is 42.0 Å². The van der Waals surface area contributed by atoms with Crippen LogP contribution in [0.4, 0.5) is 0 Å². The average Bonchev–Trinajstić information content (AvgIpc) is 3.22. The normalized spacial score (nSPS) is 16.3. The molecule has 1 aliphatic rings. The van der Waals surface area contributed by atoms with E-state index >= 15 is 0 Å². The molecule has 1 amide bonds. The molecule has 0 aromatic rings. The maximum Gasteiger partial charge on any atom is 0.226 e. The van der Waals surface area contributed by atoms with Gasteiger partial charge in [0.1, 0.15) is 6.61 Å². The van der Waals surface area contributed by atoms with Gasteiger partial charge in [0.25, 0.3) is 0 Å². The number of ketones is 1. The average molecular weight is 301 g/mol. The first-order valence-electron chi connectivity index (χ1n) is 7.86. The second-order valence-corrected chi connectivity index (χ2v) is 6.35. The van der Waals surface area contributed by atoms with Crippen LogP contribution in [0.2, 0.25) is 0 Å². The van der Waals surface area contributed by atoms with Crippen LogP contribution in [0.15, 0.2) is 0 Å². The minimum atomic E-state index is -0.125. The number of carbonyl (C=O) groups excluding carboxylic acids is 2. The van der Waals surface area contributed by atoms with Gasteiger partial charge in [0.15, 0.2) is 5.78 Å². The Balaban J connectivity index is 0.00000441. The highest BCUT2D eigenvalue weighted by atomic mass is 16.5. The van der Waals surface area contributed by atoms with Crippen LogP contribution >= 0.6 is 0 Å². The zero-order valence-electron chi connectivity index (χ0n) is 13.7. The molecule has 1 rings (SSSR count). The first-order valence-corrected chi connectivity index (χ1v) is 7.86. The summed E-state index contributed by atoms with van der Waals surface area (Å²) in [6, 6.07) is 0. The molecule has 124 valence electrons. The van der Waals surface area contributed by atoms with Crippen molar-refractivity contribution in [3.05, 3.63) is 0 Å². The van der Waals surface area contributed by atoms with Crippen molar-refractivity contribution in [3.63, 3.8) is 0 Å². The van der Waals surface area contributed by atoms with Crippen LogP contribution in [-0.2, 0) is 19.1 Å². The lowest BCUT2D eigenvalue weighted by atomic mass is 9.91. The molecule has 1 saturated carbocycles. The summed E-state index contributed by atoms with van der Waals surface area (Å²) in [7, 11) is 0. The fourth-order valence-electron chi connectivity index (χ4n) is 2.17. The van der Waals surface area contributed by atoms with Crippen LogP contribution in [0.5, 0.6) is 0 Å². The van der Waals surface area contributed by atoms with E-state index in [1.54, 1.807) is 0 Å². The van der Waals surface area contributed by atoms with E-state index < -0.39 is 0 Å². The van der Waals surface area contributed by atoms with Gasteiger partial charge < -0.3 is 14.8 Å². The van der Waals surface area contributed by atoms with Gasteiger partial charge in [-0.1, -0.05) is 27.7 Å². The SMILES string of the molecule is CC(C)C(=O)COCCOCCNC(=O)C1(C(C)C)CC1.[HH]. The Labute approximate surface area is 129 Å². The van der Waals surface area contributed by atoms with Crippen molar-refractivity contribution in [2.24, 2.45) is 17.3 Å². The van der Waals surface area contributed by atoms with Gasteiger partial charge in [0.2, 0.25) is 5.91 Å². The Morgan fingerprint density at radius 3 is 2.24 bits per heavy atom. The summed E-state index contributed by atoms with van der Waals surface area (Å²) in [4.78, 5) is 23.3. The number of carbonyl (C=O) groups is 2. The van der Waals surface area contributed by atoms with Gasteiger partial charge in [-0.2, -0.15) is 0 Å². The molecule has 21 heavy (non-hydrogen) atoms. The molecule has 0 saturated heterocycles. The lowest BCUT2D eigenvalue weighted by Gasteiger charge is -2.18. The van der Waals surface area contributed by atoms with Crippen LogP contribution in [0.25, 0.3) is 0 Å². The van der Waals surface area contributed by atoms with Crippen molar-refractivity contribution in [1.29, 1.82) is 0 Å². The zero-order chi connectivity index (χ0) is 15.9. The highest BCUT2D eigenvalue weighted by Gasteiger charge is 2.51. The molecule has 0 aliphatic heterocycles. The molecule has 1 fully saturated rings. The smallest absolute Gasteiger partial charge is 0.226 e. The summed E-state index contributed by atoms with van der Waals surface area (Å²) in [6.07, 6.45) is 1.99. The minimum Gasteiger partial charge on any atom is -0.377 e. The monoisotopic (exact) mass is 301 g/mol. The van der Waals surface area contributed by atoms with E-state index in [1.807, 2.05) is 13.8 Å². The quantitative estimate of drug-likeness (QED) is 0.593. The Hall–Kier alpha value is -0.940. The fraction of sp³-hybridized carbons (Fsp3) is 0.875. The second-order valence-electron chi connectivity index (χ2n) is 6.35. The molecule has 5 nitrogen and oxygen atoms in total. The molecular formula is C16H31NO4. The van der Waals surface area contributed by atoms with Crippen molar-refractivity contribution in [2.45, 2.75) is 40.5 Å². The topological polar surface area (TPSA) is 64.6 Å². The Bertz CT molecular complexity index is 354. The Morgan fingerprint density at radius 1 is 1.10 bits per heavy atom. The molecule has 1 N–H and O–H groups in total. The number of ether oxygens (including phenoxy) is 2. The summed E-state index contributed by atoms with van der Waals surface area (Å²) < 4.78 is 10.6. The standard InChI is InChI=1S/C16H29NO4.H2/c1-12(2)14(18)11-21-10-9-20-8-7-17-15(19)16(5-6-16)13(3)4;/h12-13H,5-11H2,1-4H3,(H,17,19);1H. The first-order chi connectivity index (χ1) is 9.90. The fourth-order valence-corrected chi connectivity index (χ4v) is 2.17. The predicted octanol–water partition coefficient (Wildman–Crippen LogP) is 2.04. The van der Waals surface area contributed by atoms with Crippen molar-refractivity contribution in [1.82, 2.24) is 5.32 Å². The van der Waals surface area contributed by atoms with E-state index in [-0.39, 0.29) is 31.1 Å². The van der Waals surface area contributed by atoms with Crippen molar-refractivity contribution in [2.75, 3.05) is 33.0 Å². The van der Waals surface area contributed by atoms with Gasteiger partial charge in [-0.05, 0) is 18.8 Å². The third-order valence-corrected chi connectivity index (χ3v) is 4.14. The maximum absolute atomic E-state index is 12.0. The number of amides is 1. The molecule has 0 radical (unpaired) electrons. The molecule has 0 bridgehead atoms. The molecule has 0 spiro atoms. The highest BCUT2D eigenvalue weighted by molar-refractivity contribution is 5.85. The second kappa shape index (κ2) is 8.49. The van der Waals surface area contributed by atoms with Crippen molar-refractivity contribution >= 4 is 11.7 Å². The van der Waals surface area contributed by atoms with Crippen molar-refractivity contribution in [3.8, 4) is 0 Å². The van der Waals surface area contributed by atoms with E-state index in [2.05, 4.69) is 19.2 Å². The summed E-state index contributed by atoms with van der Waals surface area (Å²) in [5.41, 5.74) is -0.125. The third-order valence-electron chi connectivity index (χ3n) is 4.14. The van der Waals surface area contributed by atoms with E-state index in [9.17, 15) is 9.59 Å². The van der Waals surface area contributed by atoms with Crippen LogP contribution in [-0.4, -0.2) is 44.7 Å². The largest absolute Gasteiger partial charge is 0.377 e. The summed E-state index contributed by atoms with van der Waals surface area (Å²) in [6.45, 7) is 9.90. The zero-order valence-corrected chi connectivity index (χ0v) is 13.7. The van der Waals surface area contributed by atoms with Gasteiger partial charge in [-0.25, -0.2) is 0 Å². The van der Waals surface area contributed by atoms with Crippen LogP contribution in [0.3, 0.4) is 0 Å². The van der Waals surface area contributed by atoms with Gasteiger partial charge in [-0.3, -0.25) is 9.59 Å². The molecular weight excluding hydrogens is 270 g/mol. The minimum absolute atomic E-state index is 0. The molecule has 0 atom stereocenters. The van der Waals surface area contributed by atoms with Crippen LogP contribution in [0, 0.1) is 17.3 Å². The van der Waals surface area contributed by atoms with Gasteiger partial charge in [-0.15, -0.1) is 0 Å². The summed E-state index contributed by atoms with van der Waals surface area (Å²) in [5, 5.41) is 2.93. The number of Topliss-reactive ketones (excluding diaryl/α,β-unsaturated/α-hetero) is 1. The molecule has 5 heteroatoms. The molecule has 0 unspecified atom stereocenters. The maximum atomic E-state index is 12.0. The molecule has 0 heterocycles. The molecule has 0 aromatic heterocycles. The molecule has 1 aliphatic carbocycles. The number of hydrogen-bond acceptors (Lipinski definition) is 4. The van der Waals surface area contributed by atoms with Gasteiger partial charge in [0, 0.05) is 13.9 Å². The van der Waals surface area contributed by atoms with E-state index in [0.29, 0.717) is 32.3 Å². The number of nitrogens with one attached hydrogen (secondary N) is 1. The summed E-state index contributed by atoms with van der Waals surface area (Å²) >= 11 is 0. The lowest BCUT2D eigenvalue weighted by molar-refractivity contribution is -0.129. The predicted molar refractivity (Wildman–Crippen MR) is 83.1 cm³/mol. The summed E-state index contributed by atoms with van der Waals surface area (Å²) in [5.74, 6) is 0.660. The highest BCUT2D eigenvalue weighted by Crippen LogP contribution is 2.51. The Morgan fingerprint density at radius 2 is 1.71 bits per heavy atom. The van der Waals surface area contributed by atoms with E-state index in [1.165, 1.54) is 0 Å². The van der Waals surface area contributed by atoms with Crippen molar-refractivity contribution < 1.29 is 20.5 Å².